The summed E-state index contributed by atoms with van der Waals surface area (Å²) in [5.74, 6) is -0.714. The second-order valence-electron chi connectivity index (χ2n) is 4.20. The molecule has 3 nitrogen and oxygen atoms in total. The lowest BCUT2D eigenvalue weighted by atomic mass is 10.2. The van der Waals surface area contributed by atoms with Gasteiger partial charge >= 0.3 is 5.97 Å². The van der Waals surface area contributed by atoms with E-state index in [1.54, 1.807) is 0 Å². The van der Waals surface area contributed by atoms with Gasteiger partial charge in [-0.1, -0.05) is 31.9 Å². The molecule has 1 unspecified atom stereocenters. The number of hydrogen-bond acceptors (Lipinski definition) is 2. The van der Waals surface area contributed by atoms with Gasteiger partial charge in [-0.15, -0.1) is 0 Å². The molecule has 1 atom stereocenters. The molecule has 92 valence electrons. The van der Waals surface area contributed by atoms with Gasteiger partial charge in [-0.3, -0.25) is 9.69 Å². The van der Waals surface area contributed by atoms with Gasteiger partial charge in [-0.2, -0.15) is 0 Å². The van der Waals surface area contributed by atoms with Gasteiger partial charge in [0.1, 0.15) is 6.04 Å². The third-order valence-electron chi connectivity index (χ3n) is 3.03. The van der Waals surface area contributed by atoms with Crippen LogP contribution in [0.3, 0.4) is 0 Å². The monoisotopic (exact) mass is 361 g/mol. The third-order valence-corrected chi connectivity index (χ3v) is 4.30. The van der Waals surface area contributed by atoms with Gasteiger partial charge in [0.2, 0.25) is 0 Å². The number of nitrogens with zero attached hydrogens (tertiary/aromatic N) is 1. The van der Waals surface area contributed by atoms with Crippen LogP contribution < -0.4 is 0 Å². The van der Waals surface area contributed by atoms with Crippen molar-refractivity contribution >= 4 is 37.8 Å². The Labute approximate surface area is 117 Å². The van der Waals surface area contributed by atoms with E-state index in [-0.39, 0.29) is 6.04 Å². The molecule has 0 spiro atoms. The molecule has 0 aliphatic carbocycles. The topological polar surface area (TPSA) is 40.5 Å². The summed E-state index contributed by atoms with van der Waals surface area (Å²) in [6, 6.07) is 5.64. The summed E-state index contributed by atoms with van der Waals surface area (Å²) in [7, 11) is 0. The molecule has 1 N–H and O–H groups in total. The highest BCUT2D eigenvalue weighted by atomic mass is 79.9. The highest BCUT2D eigenvalue weighted by molar-refractivity contribution is 9.11. The summed E-state index contributed by atoms with van der Waals surface area (Å²) in [5, 5.41) is 9.12. The van der Waals surface area contributed by atoms with E-state index in [0.29, 0.717) is 6.54 Å². The lowest BCUT2D eigenvalue weighted by Crippen LogP contribution is -2.35. The SMILES string of the molecule is O=C(O)C1CCCN1Cc1cc(Br)ccc1Br. The van der Waals surface area contributed by atoms with E-state index in [1.807, 2.05) is 23.1 Å². The van der Waals surface area contributed by atoms with Gasteiger partial charge in [0.15, 0.2) is 0 Å². The average molecular weight is 363 g/mol. The number of aliphatic carboxylic acids is 1. The molecule has 0 bridgehead atoms. The van der Waals surface area contributed by atoms with Crippen LogP contribution in [0.25, 0.3) is 0 Å². The summed E-state index contributed by atoms with van der Waals surface area (Å²) in [5.41, 5.74) is 1.12. The van der Waals surface area contributed by atoms with Crippen LogP contribution in [-0.4, -0.2) is 28.6 Å². The first-order chi connectivity index (χ1) is 8.08. The normalized spacial score (nSPS) is 20.7. The van der Waals surface area contributed by atoms with Gasteiger partial charge in [-0.05, 0) is 43.1 Å². The van der Waals surface area contributed by atoms with Crippen LogP contribution >= 0.6 is 31.9 Å². The average Bonchev–Trinajstić information content (AvgIpc) is 2.71. The predicted octanol–water partition coefficient (Wildman–Crippen LogP) is 3.26. The van der Waals surface area contributed by atoms with Crippen molar-refractivity contribution in [1.29, 1.82) is 0 Å². The largest absolute Gasteiger partial charge is 0.480 e. The van der Waals surface area contributed by atoms with Crippen molar-refractivity contribution in [2.75, 3.05) is 6.54 Å². The Morgan fingerprint density at radius 3 is 2.94 bits per heavy atom. The first-order valence-corrected chi connectivity index (χ1v) is 7.07. The number of halogens is 2. The Hall–Kier alpha value is -0.390. The molecule has 0 aromatic heterocycles. The van der Waals surface area contributed by atoms with E-state index in [2.05, 4.69) is 31.9 Å². The number of rotatable bonds is 3. The van der Waals surface area contributed by atoms with Crippen molar-refractivity contribution in [3.8, 4) is 0 Å². The van der Waals surface area contributed by atoms with Crippen LogP contribution in [0.15, 0.2) is 27.1 Å². The minimum Gasteiger partial charge on any atom is -0.480 e. The van der Waals surface area contributed by atoms with Crippen LogP contribution in [0.2, 0.25) is 0 Å². The molecule has 1 aliphatic rings. The lowest BCUT2D eigenvalue weighted by molar-refractivity contribution is -0.142. The maximum Gasteiger partial charge on any atom is 0.320 e. The quantitative estimate of drug-likeness (QED) is 0.897. The fraction of sp³-hybridized carbons (Fsp3) is 0.417. The number of carbonyl (C=O) groups is 1. The molecule has 0 amide bonds. The molecule has 1 aromatic rings. The zero-order valence-corrected chi connectivity index (χ0v) is 12.4. The highest BCUT2D eigenvalue weighted by Crippen LogP contribution is 2.26. The second-order valence-corrected chi connectivity index (χ2v) is 5.97. The van der Waals surface area contributed by atoms with Crippen molar-refractivity contribution in [3.63, 3.8) is 0 Å². The number of likely N-dealkylation sites (tertiary alicyclic amines) is 1. The Kier molecular flexibility index (Phi) is 4.22. The molecule has 1 aliphatic heterocycles. The molecule has 2 rings (SSSR count). The van der Waals surface area contributed by atoms with Crippen molar-refractivity contribution < 1.29 is 9.90 Å². The first kappa shape index (κ1) is 13.1. The Balaban J connectivity index is 2.15. The van der Waals surface area contributed by atoms with Gasteiger partial charge in [0.05, 0.1) is 0 Å². The second kappa shape index (κ2) is 5.50. The fourth-order valence-electron chi connectivity index (χ4n) is 2.18. The van der Waals surface area contributed by atoms with Crippen LogP contribution in [-0.2, 0) is 11.3 Å². The molecule has 0 saturated carbocycles. The molecule has 5 heteroatoms. The van der Waals surface area contributed by atoms with E-state index < -0.39 is 5.97 Å². The summed E-state index contributed by atoms with van der Waals surface area (Å²) in [6.45, 7) is 1.53. The summed E-state index contributed by atoms with van der Waals surface area (Å²) in [4.78, 5) is 13.1. The van der Waals surface area contributed by atoms with Crippen molar-refractivity contribution in [2.24, 2.45) is 0 Å². The van der Waals surface area contributed by atoms with Crippen LogP contribution in [0.5, 0.6) is 0 Å². The minimum atomic E-state index is -0.714. The van der Waals surface area contributed by atoms with Crippen LogP contribution in [0.4, 0.5) is 0 Å². The molecular formula is C12H13Br2NO2. The molecule has 1 heterocycles. The van der Waals surface area contributed by atoms with E-state index in [0.717, 1.165) is 33.9 Å². The maximum atomic E-state index is 11.1. The van der Waals surface area contributed by atoms with Crippen molar-refractivity contribution in [1.82, 2.24) is 4.90 Å². The molecule has 17 heavy (non-hydrogen) atoms. The number of carboxylic acids is 1. The fourth-order valence-corrected chi connectivity index (χ4v) is 2.96. The molecule has 1 fully saturated rings. The molecule has 1 saturated heterocycles. The van der Waals surface area contributed by atoms with E-state index in [9.17, 15) is 4.79 Å². The predicted molar refractivity (Wildman–Crippen MR) is 72.9 cm³/mol. The van der Waals surface area contributed by atoms with E-state index in [4.69, 9.17) is 5.11 Å². The van der Waals surface area contributed by atoms with Gasteiger partial charge < -0.3 is 5.11 Å². The summed E-state index contributed by atoms with van der Waals surface area (Å²) in [6.07, 6.45) is 1.71. The maximum absolute atomic E-state index is 11.1. The Morgan fingerprint density at radius 1 is 1.47 bits per heavy atom. The number of hydrogen-bond donors (Lipinski definition) is 1. The van der Waals surface area contributed by atoms with Crippen molar-refractivity contribution in [2.45, 2.75) is 25.4 Å². The Morgan fingerprint density at radius 2 is 2.24 bits per heavy atom. The first-order valence-electron chi connectivity index (χ1n) is 5.48. The highest BCUT2D eigenvalue weighted by Gasteiger charge is 2.30. The summed E-state index contributed by atoms with van der Waals surface area (Å²) < 4.78 is 2.04. The minimum absolute atomic E-state index is 0.333. The molecular weight excluding hydrogens is 350 g/mol. The van der Waals surface area contributed by atoms with Gasteiger partial charge in [-0.25, -0.2) is 0 Å². The zero-order chi connectivity index (χ0) is 12.4. The van der Waals surface area contributed by atoms with Crippen LogP contribution in [0.1, 0.15) is 18.4 Å². The van der Waals surface area contributed by atoms with Crippen LogP contribution in [0, 0.1) is 0 Å². The number of benzene rings is 1. The Bertz CT molecular complexity index is 437. The third kappa shape index (κ3) is 3.09. The lowest BCUT2D eigenvalue weighted by Gasteiger charge is -2.21. The van der Waals surface area contributed by atoms with E-state index in [1.165, 1.54) is 0 Å². The standard InChI is InChI=1S/C12H13Br2NO2/c13-9-3-4-10(14)8(6-9)7-15-5-1-2-11(15)12(16)17/h3-4,6,11H,1-2,5,7H2,(H,16,17). The summed E-state index contributed by atoms with van der Waals surface area (Å²) >= 11 is 6.93. The van der Waals surface area contributed by atoms with Gasteiger partial charge in [0, 0.05) is 15.5 Å². The zero-order valence-electron chi connectivity index (χ0n) is 9.20. The molecule has 1 aromatic carbocycles. The smallest absolute Gasteiger partial charge is 0.320 e. The number of carboxylic acid groups (broad SMARTS) is 1. The van der Waals surface area contributed by atoms with Crippen molar-refractivity contribution in [3.05, 3.63) is 32.7 Å². The van der Waals surface area contributed by atoms with E-state index >= 15 is 0 Å². The molecule has 0 radical (unpaired) electrons. The van der Waals surface area contributed by atoms with Gasteiger partial charge in [0.25, 0.3) is 0 Å².